The first-order chi connectivity index (χ1) is 14.1. The molecule has 0 atom stereocenters. The van der Waals surface area contributed by atoms with Gasteiger partial charge in [-0.25, -0.2) is 9.69 Å². The highest BCUT2D eigenvalue weighted by Gasteiger charge is 2.39. The fraction of sp³-hybridized carbons (Fsp3) is 0.0400. The predicted octanol–water partition coefficient (Wildman–Crippen LogP) is 5.29. The smallest absolute Gasteiger partial charge is 0.403 e. The van der Waals surface area contributed by atoms with Gasteiger partial charge in [-0.1, -0.05) is 97.6 Å². The van der Waals surface area contributed by atoms with Gasteiger partial charge in [0, 0.05) is 5.57 Å². The minimum atomic E-state index is -0.678. The Morgan fingerprint density at radius 3 is 1.86 bits per heavy atom. The van der Waals surface area contributed by atoms with E-state index < -0.39 is 12.0 Å². The van der Waals surface area contributed by atoms with Crippen molar-refractivity contribution in [1.82, 2.24) is 4.90 Å². The number of nitrogens with zero attached hydrogens (tertiary/aromatic N) is 1. The molecule has 0 bridgehead atoms. The molecule has 29 heavy (non-hydrogen) atoms. The third kappa shape index (κ3) is 3.73. The van der Waals surface area contributed by atoms with Crippen LogP contribution in [0.4, 0.5) is 4.79 Å². The number of allylic oxidation sites excluding steroid dienone is 2. The van der Waals surface area contributed by atoms with E-state index in [2.05, 4.69) is 6.58 Å². The van der Waals surface area contributed by atoms with Gasteiger partial charge in [-0.15, -0.1) is 0 Å². The van der Waals surface area contributed by atoms with Gasteiger partial charge in [0.25, 0.3) is 5.91 Å². The van der Waals surface area contributed by atoms with Gasteiger partial charge in [-0.2, -0.15) is 0 Å². The maximum atomic E-state index is 13.2. The summed E-state index contributed by atoms with van der Waals surface area (Å²) in [6.45, 7) is 4.35. The Hall–Kier alpha value is -3.92. The molecule has 0 radical (unpaired) electrons. The highest BCUT2D eigenvalue weighted by atomic mass is 16.6. The number of cyclic esters (lactones) is 1. The molecule has 0 saturated carbocycles. The number of hydrogen-bond donors (Lipinski definition) is 0. The van der Waals surface area contributed by atoms with Gasteiger partial charge < -0.3 is 4.74 Å². The Kier molecular flexibility index (Phi) is 5.08. The minimum absolute atomic E-state index is 0.00554. The van der Waals surface area contributed by atoms with Gasteiger partial charge in [0.1, 0.15) is 0 Å². The summed E-state index contributed by atoms with van der Waals surface area (Å²) in [4.78, 5) is 26.8. The van der Waals surface area contributed by atoms with Crippen molar-refractivity contribution >= 4 is 23.1 Å². The standard InChI is InChI=1S/C25H19NO3/c1-18(20-13-7-3-8-14-20)22(21-15-9-4-10-16-21)23-24(27)26(25(28)29-23)17-19-11-5-2-6-12-19/h2-16H,1,17H2/b23-22-. The van der Waals surface area contributed by atoms with Gasteiger partial charge in [0.2, 0.25) is 5.76 Å². The largest absolute Gasteiger partial charge is 0.422 e. The summed E-state index contributed by atoms with van der Waals surface area (Å²) in [6.07, 6.45) is -0.678. The number of carbonyl (C=O) groups excluding carboxylic acids is 2. The lowest BCUT2D eigenvalue weighted by Gasteiger charge is -2.13. The van der Waals surface area contributed by atoms with Gasteiger partial charge >= 0.3 is 6.09 Å². The van der Waals surface area contributed by atoms with E-state index in [1.54, 1.807) is 0 Å². The molecule has 1 heterocycles. The van der Waals surface area contributed by atoms with Gasteiger partial charge in [-0.3, -0.25) is 4.79 Å². The van der Waals surface area contributed by atoms with E-state index in [1.807, 2.05) is 91.0 Å². The Bertz CT molecular complexity index is 1090. The first kappa shape index (κ1) is 18.4. The Labute approximate surface area is 169 Å². The van der Waals surface area contributed by atoms with Gasteiger partial charge in [0.05, 0.1) is 6.54 Å². The highest BCUT2D eigenvalue weighted by molar-refractivity contribution is 6.19. The molecule has 0 spiro atoms. The molecule has 4 rings (SSSR count). The summed E-state index contributed by atoms with van der Waals surface area (Å²) < 4.78 is 5.47. The number of ether oxygens (including phenoxy) is 1. The van der Waals surface area contributed by atoms with Crippen LogP contribution in [0.3, 0.4) is 0 Å². The number of imide groups is 1. The zero-order valence-electron chi connectivity index (χ0n) is 15.7. The van der Waals surface area contributed by atoms with E-state index in [1.165, 1.54) is 0 Å². The molecular weight excluding hydrogens is 362 g/mol. The highest BCUT2D eigenvalue weighted by Crippen LogP contribution is 2.36. The number of hydrogen-bond acceptors (Lipinski definition) is 3. The molecule has 4 nitrogen and oxygen atoms in total. The van der Waals surface area contributed by atoms with Crippen LogP contribution in [0.2, 0.25) is 0 Å². The van der Waals surface area contributed by atoms with E-state index in [0.29, 0.717) is 11.1 Å². The van der Waals surface area contributed by atoms with Crippen molar-refractivity contribution in [2.75, 3.05) is 0 Å². The Morgan fingerprint density at radius 1 is 0.759 bits per heavy atom. The monoisotopic (exact) mass is 381 g/mol. The number of rotatable bonds is 5. The maximum Gasteiger partial charge on any atom is 0.422 e. The first-order valence-corrected chi connectivity index (χ1v) is 9.27. The van der Waals surface area contributed by atoms with Crippen molar-refractivity contribution in [2.24, 2.45) is 0 Å². The van der Waals surface area contributed by atoms with Gasteiger partial charge in [0.15, 0.2) is 0 Å². The zero-order valence-corrected chi connectivity index (χ0v) is 15.7. The SMILES string of the molecule is C=C(/C(=C1/OC(=O)N(Cc2ccccc2)C1=O)c1ccccc1)c1ccccc1. The quantitative estimate of drug-likeness (QED) is 0.564. The molecule has 142 valence electrons. The van der Waals surface area contributed by atoms with Crippen LogP contribution in [-0.2, 0) is 16.1 Å². The molecule has 2 amide bonds. The zero-order chi connectivity index (χ0) is 20.2. The molecule has 4 heteroatoms. The van der Waals surface area contributed by atoms with Crippen LogP contribution in [0.1, 0.15) is 16.7 Å². The molecule has 3 aromatic rings. The van der Waals surface area contributed by atoms with Crippen LogP contribution >= 0.6 is 0 Å². The second kappa shape index (κ2) is 7.98. The van der Waals surface area contributed by atoms with E-state index in [9.17, 15) is 9.59 Å². The van der Waals surface area contributed by atoms with Crippen molar-refractivity contribution in [2.45, 2.75) is 6.54 Å². The second-order valence-electron chi connectivity index (χ2n) is 6.66. The van der Waals surface area contributed by atoms with E-state index in [-0.39, 0.29) is 12.3 Å². The van der Waals surface area contributed by atoms with E-state index in [0.717, 1.165) is 21.6 Å². The van der Waals surface area contributed by atoms with Crippen LogP contribution in [0.15, 0.2) is 103 Å². The van der Waals surface area contributed by atoms with Crippen LogP contribution in [0.5, 0.6) is 0 Å². The molecule has 1 fully saturated rings. The molecular formula is C25H19NO3. The predicted molar refractivity (Wildman–Crippen MR) is 112 cm³/mol. The van der Waals surface area contributed by atoms with E-state index in [4.69, 9.17) is 4.74 Å². The van der Waals surface area contributed by atoms with Crippen LogP contribution < -0.4 is 0 Å². The lowest BCUT2D eigenvalue weighted by atomic mass is 9.92. The average Bonchev–Trinajstić information content (AvgIpc) is 3.04. The number of amides is 2. The van der Waals surface area contributed by atoms with Crippen molar-refractivity contribution < 1.29 is 14.3 Å². The van der Waals surface area contributed by atoms with Crippen molar-refractivity contribution in [3.63, 3.8) is 0 Å². The summed E-state index contributed by atoms with van der Waals surface area (Å²) >= 11 is 0. The third-order valence-corrected chi connectivity index (χ3v) is 4.75. The Balaban J connectivity index is 1.78. The summed E-state index contributed by atoms with van der Waals surface area (Å²) in [7, 11) is 0. The number of benzene rings is 3. The maximum absolute atomic E-state index is 13.2. The molecule has 3 aromatic carbocycles. The average molecular weight is 381 g/mol. The summed E-state index contributed by atoms with van der Waals surface area (Å²) in [5.41, 5.74) is 3.60. The lowest BCUT2D eigenvalue weighted by Crippen LogP contribution is -2.28. The Morgan fingerprint density at radius 2 is 1.28 bits per heavy atom. The molecule has 0 N–H and O–H groups in total. The van der Waals surface area contributed by atoms with Crippen molar-refractivity contribution in [3.05, 3.63) is 120 Å². The molecule has 1 aliphatic heterocycles. The second-order valence-corrected chi connectivity index (χ2v) is 6.66. The molecule has 0 aromatic heterocycles. The molecule has 1 saturated heterocycles. The normalized spacial score (nSPS) is 15.2. The van der Waals surface area contributed by atoms with E-state index >= 15 is 0 Å². The molecule has 0 aliphatic carbocycles. The van der Waals surface area contributed by atoms with Crippen LogP contribution in [0.25, 0.3) is 11.1 Å². The fourth-order valence-electron chi connectivity index (χ4n) is 3.28. The third-order valence-electron chi connectivity index (χ3n) is 4.75. The summed E-state index contributed by atoms with van der Waals surface area (Å²) in [5.74, 6) is -0.458. The molecule has 0 unspecified atom stereocenters. The summed E-state index contributed by atoms with van der Waals surface area (Å²) in [6, 6.07) is 28.3. The lowest BCUT2D eigenvalue weighted by molar-refractivity contribution is -0.123. The molecule has 1 aliphatic rings. The van der Waals surface area contributed by atoms with Crippen LogP contribution in [-0.4, -0.2) is 16.9 Å². The number of carbonyl (C=O) groups is 2. The summed E-state index contributed by atoms with van der Waals surface area (Å²) in [5, 5.41) is 0. The minimum Gasteiger partial charge on any atom is -0.403 e. The van der Waals surface area contributed by atoms with Crippen molar-refractivity contribution in [3.8, 4) is 0 Å². The van der Waals surface area contributed by atoms with Crippen LogP contribution in [0, 0.1) is 0 Å². The first-order valence-electron chi connectivity index (χ1n) is 9.27. The van der Waals surface area contributed by atoms with Gasteiger partial charge in [-0.05, 0) is 22.3 Å². The topological polar surface area (TPSA) is 46.6 Å². The fourth-order valence-corrected chi connectivity index (χ4v) is 3.28. The van der Waals surface area contributed by atoms with Crippen molar-refractivity contribution in [1.29, 1.82) is 0 Å².